The summed E-state index contributed by atoms with van der Waals surface area (Å²) >= 11 is 0. The van der Waals surface area contributed by atoms with Gasteiger partial charge < -0.3 is 10.3 Å². The van der Waals surface area contributed by atoms with Crippen molar-refractivity contribution in [3.05, 3.63) is 11.5 Å². The molecule has 1 atom stereocenters. The molecule has 1 aliphatic carbocycles. The average Bonchev–Trinajstić information content (AvgIpc) is 2.70. The minimum absolute atomic E-state index is 0.586. The maximum Gasteiger partial charge on any atom is 0.127 e. The second kappa shape index (κ2) is 4.35. The van der Waals surface area contributed by atoms with E-state index in [0.29, 0.717) is 11.8 Å². The summed E-state index contributed by atoms with van der Waals surface area (Å²) in [5, 5.41) is 0. The molecular formula is C14H23N3. The Morgan fingerprint density at radius 2 is 1.88 bits per heavy atom. The van der Waals surface area contributed by atoms with Gasteiger partial charge in [-0.25, -0.2) is 4.98 Å². The third kappa shape index (κ3) is 1.85. The lowest BCUT2D eigenvalue weighted by Gasteiger charge is -2.21. The number of nitrogen functional groups attached to an aromatic ring is 1. The first kappa shape index (κ1) is 11.1. The van der Waals surface area contributed by atoms with Gasteiger partial charge in [-0.2, -0.15) is 0 Å². The van der Waals surface area contributed by atoms with Gasteiger partial charge in [-0.3, -0.25) is 0 Å². The number of anilines is 1. The topological polar surface area (TPSA) is 43.8 Å². The monoisotopic (exact) mass is 233 g/mol. The highest BCUT2D eigenvalue weighted by molar-refractivity contribution is 5.42. The molecule has 2 aliphatic rings. The van der Waals surface area contributed by atoms with E-state index in [2.05, 4.69) is 11.5 Å². The first-order valence-corrected chi connectivity index (χ1v) is 7.13. The molecule has 0 aromatic carbocycles. The highest BCUT2D eigenvalue weighted by Crippen LogP contribution is 2.38. The predicted molar refractivity (Wildman–Crippen MR) is 70.1 cm³/mol. The van der Waals surface area contributed by atoms with Crippen molar-refractivity contribution in [1.82, 2.24) is 9.55 Å². The zero-order valence-electron chi connectivity index (χ0n) is 10.8. The molecule has 2 N–H and O–H groups in total. The molecule has 3 nitrogen and oxygen atoms in total. The van der Waals surface area contributed by atoms with Crippen LogP contribution in [-0.4, -0.2) is 9.55 Å². The van der Waals surface area contributed by atoms with Crippen LogP contribution in [0.25, 0.3) is 0 Å². The summed E-state index contributed by atoms with van der Waals surface area (Å²) in [5.74, 6) is 3.44. The summed E-state index contributed by atoms with van der Waals surface area (Å²) in [6.07, 6.45) is 9.17. The first-order chi connectivity index (χ1) is 8.27. The molecule has 3 rings (SSSR count). The Balaban J connectivity index is 1.94. The fourth-order valence-corrected chi connectivity index (χ4v) is 3.48. The molecule has 0 spiro atoms. The number of nitrogens with zero attached hydrogens (tertiary/aromatic N) is 2. The lowest BCUT2D eigenvalue weighted by Crippen LogP contribution is -2.15. The van der Waals surface area contributed by atoms with E-state index in [0.717, 1.165) is 12.4 Å². The van der Waals surface area contributed by atoms with Gasteiger partial charge in [-0.05, 0) is 25.7 Å². The zero-order chi connectivity index (χ0) is 11.8. The van der Waals surface area contributed by atoms with Crippen LogP contribution in [0.15, 0.2) is 0 Å². The molecule has 0 amide bonds. The van der Waals surface area contributed by atoms with Gasteiger partial charge in [0.15, 0.2) is 0 Å². The van der Waals surface area contributed by atoms with Crippen LogP contribution in [0.5, 0.6) is 0 Å². The highest BCUT2D eigenvalue weighted by atomic mass is 15.2. The fraction of sp³-hybridized carbons (Fsp3) is 0.786. The van der Waals surface area contributed by atoms with Crippen molar-refractivity contribution >= 4 is 5.82 Å². The van der Waals surface area contributed by atoms with Crippen LogP contribution in [-0.2, 0) is 6.54 Å². The summed E-state index contributed by atoms with van der Waals surface area (Å²) in [7, 11) is 0. The molecule has 1 aromatic rings. The molecule has 0 saturated heterocycles. The number of hydrogen-bond donors (Lipinski definition) is 1. The molecule has 0 radical (unpaired) electrons. The van der Waals surface area contributed by atoms with Crippen LogP contribution in [0.3, 0.4) is 0 Å². The number of hydrogen-bond acceptors (Lipinski definition) is 2. The quantitative estimate of drug-likeness (QED) is 0.807. The summed E-state index contributed by atoms with van der Waals surface area (Å²) in [6.45, 7) is 3.35. The van der Waals surface area contributed by atoms with Crippen molar-refractivity contribution < 1.29 is 0 Å². The molecule has 94 valence electrons. The van der Waals surface area contributed by atoms with E-state index in [1.807, 2.05) is 0 Å². The van der Waals surface area contributed by atoms with Gasteiger partial charge >= 0.3 is 0 Å². The van der Waals surface area contributed by atoms with Gasteiger partial charge in [0.1, 0.15) is 11.6 Å². The molecule has 1 aromatic heterocycles. The number of fused-ring (bicyclic) bond motifs is 1. The average molecular weight is 233 g/mol. The highest BCUT2D eigenvalue weighted by Gasteiger charge is 2.27. The van der Waals surface area contributed by atoms with Crippen molar-refractivity contribution in [2.45, 2.75) is 70.3 Å². The Labute approximate surface area is 103 Å². The van der Waals surface area contributed by atoms with Crippen molar-refractivity contribution in [2.24, 2.45) is 0 Å². The maximum atomic E-state index is 6.32. The molecule has 17 heavy (non-hydrogen) atoms. The van der Waals surface area contributed by atoms with Crippen molar-refractivity contribution in [3.8, 4) is 0 Å². The minimum atomic E-state index is 0.586. The van der Waals surface area contributed by atoms with Gasteiger partial charge in [0.05, 0.1) is 5.69 Å². The summed E-state index contributed by atoms with van der Waals surface area (Å²) in [4.78, 5) is 4.89. The van der Waals surface area contributed by atoms with Gasteiger partial charge in [0.25, 0.3) is 0 Å². The van der Waals surface area contributed by atoms with E-state index >= 15 is 0 Å². The largest absolute Gasteiger partial charge is 0.384 e. The van der Waals surface area contributed by atoms with Crippen molar-refractivity contribution in [2.75, 3.05) is 5.73 Å². The van der Waals surface area contributed by atoms with E-state index in [1.54, 1.807) is 0 Å². The number of aromatic nitrogens is 2. The van der Waals surface area contributed by atoms with Gasteiger partial charge in [0, 0.05) is 18.4 Å². The van der Waals surface area contributed by atoms with Crippen molar-refractivity contribution in [1.29, 1.82) is 0 Å². The molecule has 1 unspecified atom stereocenters. The van der Waals surface area contributed by atoms with Crippen LogP contribution >= 0.6 is 0 Å². The number of rotatable bonds is 1. The third-order valence-electron chi connectivity index (χ3n) is 4.52. The van der Waals surface area contributed by atoms with Crippen molar-refractivity contribution in [3.63, 3.8) is 0 Å². The Hall–Kier alpha value is -0.990. The normalized spacial score (nSPS) is 25.8. The molecule has 2 heterocycles. The second-order valence-corrected chi connectivity index (χ2v) is 5.77. The van der Waals surface area contributed by atoms with Crippen LogP contribution in [0.1, 0.15) is 75.2 Å². The third-order valence-corrected chi connectivity index (χ3v) is 4.52. The van der Waals surface area contributed by atoms with Crippen LogP contribution in [0, 0.1) is 0 Å². The molecule has 0 bridgehead atoms. The first-order valence-electron chi connectivity index (χ1n) is 7.13. The standard InChI is InChI=1S/C14H23N3/c1-10-6-5-9-17-13(15)12(16-14(10)17)11-7-3-2-4-8-11/h10-11H,2-9,15H2,1H3. The number of imidazole rings is 1. The van der Waals surface area contributed by atoms with E-state index in [9.17, 15) is 0 Å². The minimum Gasteiger partial charge on any atom is -0.384 e. The van der Waals surface area contributed by atoms with Crippen LogP contribution in [0.2, 0.25) is 0 Å². The maximum absolute atomic E-state index is 6.32. The fourth-order valence-electron chi connectivity index (χ4n) is 3.48. The summed E-state index contributed by atoms with van der Waals surface area (Å²) < 4.78 is 2.28. The van der Waals surface area contributed by atoms with Gasteiger partial charge in [0.2, 0.25) is 0 Å². The molecule has 1 fully saturated rings. The Morgan fingerprint density at radius 1 is 1.12 bits per heavy atom. The molecule has 3 heteroatoms. The molecule has 1 saturated carbocycles. The van der Waals surface area contributed by atoms with E-state index in [4.69, 9.17) is 10.7 Å². The smallest absolute Gasteiger partial charge is 0.127 e. The van der Waals surface area contributed by atoms with E-state index in [1.165, 1.54) is 56.5 Å². The molecule has 1 aliphatic heterocycles. The van der Waals surface area contributed by atoms with E-state index in [-0.39, 0.29) is 0 Å². The molecular weight excluding hydrogens is 210 g/mol. The SMILES string of the molecule is CC1CCCn2c1nc(C1CCCCC1)c2N. The van der Waals surface area contributed by atoms with Gasteiger partial charge in [-0.15, -0.1) is 0 Å². The Kier molecular flexibility index (Phi) is 2.85. The Morgan fingerprint density at radius 3 is 2.59 bits per heavy atom. The van der Waals surface area contributed by atoms with Crippen LogP contribution < -0.4 is 5.73 Å². The summed E-state index contributed by atoms with van der Waals surface area (Å²) in [6, 6.07) is 0. The lowest BCUT2D eigenvalue weighted by atomic mass is 9.87. The number of nitrogens with two attached hydrogens (primary N) is 1. The summed E-state index contributed by atoms with van der Waals surface area (Å²) in [5.41, 5.74) is 7.53. The lowest BCUT2D eigenvalue weighted by molar-refractivity contribution is 0.437. The second-order valence-electron chi connectivity index (χ2n) is 5.77. The Bertz CT molecular complexity index is 402. The van der Waals surface area contributed by atoms with Crippen LogP contribution in [0.4, 0.5) is 5.82 Å². The zero-order valence-corrected chi connectivity index (χ0v) is 10.8. The van der Waals surface area contributed by atoms with E-state index < -0.39 is 0 Å². The van der Waals surface area contributed by atoms with Gasteiger partial charge in [-0.1, -0.05) is 26.2 Å². The predicted octanol–water partition coefficient (Wildman–Crippen LogP) is 3.41.